The van der Waals surface area contributed by atoms with E-state index in [9.17, 15) is 4.39 Å². The highest BCUT2D eigenvalue weighted by molar-refractivity contribution is 7.80. The third-order valence-corrected chi connectivity index (χ3v) is 4.65. The van der Waals surface area contributed by atoms with Gasteiger partial charge in [0, 0.05) is 18.8 Å². The number of halogens is 1. The predicted octanol–water partition coefficient (Wildman–Crippen LogP) is 5.17. The molecule has 1 rings (SSSR count). The SMILES string of the molecule is CCCC(CS)(CCC)CN(CC)c1cccc(F)c1. The molecule has 114 valence electrons. The van der Waals surface area contributed by atoms with E-state index >= 15 is 0 Å². The number of benzene rings is 1. The van der Waals surface area contributed by atoms with Crippen molar-refractivity contribution in [3.05, 3.63) is 30.1 Å². The summed E-state index contributed by atoms with van der Waals surface area (Å²) in [6, 6.07) is 6.91. The van der Waals surface area contributed by atoms with E-state index in [1.165, 1.54) is 31.7 Å². The average Bonchev–Trinajstić information content (AvgIpc) is 2.45. The van der Waals surface area contributed by atoms with Gasteiger partial charge in [-0.1, -0.05) is 32.8 Å². The van der Waals surface area contributed by atoms with E-state index in [0.717, 1.165) is 24.5 Å². The molecule has 0 saturated heterocycles. The number of hydrogen-bond acceptors (Lipinski definition) is 2. The van der Waals surface area contributed by atoms with Gasteiger partial charge in [0.1, 0.15) is 5.82 Å². The maximum atomic E-state index is 13.4. The number of thiol groups is 1. The lowest BCUT2D eigenvalue weighted by Gasteiger charge is -2.38. The second kappa shape index (κ2) is 8.56. The van der Waals surface area contributed by atoms with Crippen LogP contribution in [-0.2, 0) is 0 Å². The van der Waals surface area contributed by atoms with Crippen molar-refractivity contribution in [2.24, 2.45) is 5.41 Å². The van der Waals surface area contributed by atoms with Crippen LogP contribution in [0.3, 0.4) is 0 Å². The Labute approximate surface area is 129 Å². The second-order valence-corrected chi connectivity index (χ2v) is 5.97. The molecule has 0 aliphatic rings. The topological polar surface area (TPSA) is 3.24 Å². The maximum absolute atomic E-state index is 13.4. The predicted molar refractivity (Wildman–Crippen MR) is 90.4 cm³/mol. The quantitative estimate of drug-likeness (QED) is 0.616. The third-order valence-electron chi connectivity index (χ3n) is 3.98. The molecule has 0 spiro atoms. The Morgan fingerprint density at radius 2 is 1.80 bits per heavy atom. The standard InChI is InChI=1S/C17H28FNS/c1-4-10-17(14-20,11-5-2)13-19(6-3)16-9-7-8-15(18)12-16/h7-9,12,20H,4-6,10-11,13-14H2,1-3H3. The van der Waals surface area contributed by atoms with Crippen LogP contribution in [-0.4, -0.2) is 18.8 Å². The van der Waals surface area contributed by atoms with Crippen LogP contribution in [0.25, 0.3) is 0 Å². The van der Waals surface area contributed by atoms with Crippen molar-refractivity contribution < 1.29 is 4.39 Å². The number of rotatable bonds is 9. The van der Waals surface area contributed by atoms with Gasteiger partial charge < -0.3 is 4.90 Å². The first-order valence-electron chi connectivity index (χ1n) is 7.72. The summed E-state index contributed by atoms with van der Waals surface area (Å²) in [5, 5.41) is 0. The summed E-state index contributed by atoms with van der Waals surface area (Å²) in [5.74, 6) is 0.726. The molecule has 0 amide bonds. The van der Waals surface area contributed by atoms with Gasteiger partial charge in [0.15, 0.2) is 0 Å². The molecule has 0 unspecified atom stereocenters. The van der Waals surface area contributed by atoms with E-state index in [1.807, 2.05) is 6.07 Å². The molecule has 0 fully saturated rings. The van der Waals surface area contributed by atoms with Gasteiger partial charge in [0.05, 0.1) is 0 Å². The molecule has 0 aliphatic heterocycles. The molecule has 0 radical (unpaired) electrons. The maximum Gasteiger partial charge on any atom is 0.125 e. The average molecular weight is 297 g/mol. The summed E-state index contributed by atoms with van der Waals surface area (Å²) >= 11 is 4.61. The van der Waals surface area contributed by atoms with Crippen LogP contribution in [0.4, 0.5) is 10.1 Å². The summed E-state index contributed by atoms with van der Waals surface area (Å²) in [6.45, 7) is 8.44. The van der Waals surface area contributed by atoms with Gasteiger partial charge in [-0.25, -0.2) is 4.39 Å². The summed E-state index contributed by atoms with van der Waals surface area (Å²) in [7, 11) is 0. The smallest absolute Gasteiger partial charge is 0.125 e. The highest BCUT2D eigenvalue weighted by atomic mass is 32.1. The summed E-state index contributed by atoms with van der Waals surface area (Å²) in [4.78, 5) is 2.28. The monoisotopic (exact) mass is 297 g/mol. The molecule has 1 aromatic carbocycles. The molecule has 0 saturated carbocycles. The van der Waals surface area contributed by atoms with E-state index in [1.54, 1.807) is 12.1 Å². The summed E-state index contributed by atoms with van der Waals surface area (Å²) in [6.07, 6.45) is 4.69. The second-order valence-electron chi connectivity index (χ2n) is 5.65. The lowest BCUT2D eigenvalue weighted by molar-refractivity contribution is 0.279. The summed E-state index contributed by atoms with van der Waals surface area (Å²) < 4.78 is 13.4. The van der Waals surface area contributed by atoms with Gasteiger partial charge in [-0.2, -0.15) is 12.6 Å². The van der Waals surface area contributed by atoms with Crippen molar-refractivity contribution in [2.45, 2.75) is 46.5 Å². The molecule has 0 bridgehead atoms. The zero-order chi connectivity index (χ0) is 15.0. The van der Waals surface area contributed by atoms with Gasteiger partial charge in [-0.05, 0) is 49.1 Å². The van der Waals surface area contributed by atoms with E-state index in [4.69, 9.17) is 0 Å². The van der Waals surface area contributed by atoms with E-state index in [-0.39, 0.29) is 11.2 Å². The van der Waals surface area contributed by atoms with Crippen LogP contribution in [0.15, 0.2) is 24.3 Å². The molecule has 20 heavy (non-hydrogen) atoms. The van der Waals surface area contributed by atoms with Crippen molar-refractivity contribution in [1.82, 2.24) is 0 Å². The lowest BCUT2D eigenvalue weighted by atomic mass is 9.80. The van der Waals surface area contributed by atoms with Gasteiger partial charge in [0.25, 0.3) is 0 Å². The van der Waals surface area contributed by atoms with Crippen LogP contribution >= 0.6 is 12.6 Å². The van der Waals surface area contributed by atoms with Gasteiger partial charge in [-0.15, -0.1) is 0 Å². The van der Waals surface area contributed by atoms with Crippen LogP contribution in [0.5, 0.6) is 0 Å². The molecule has 0 heterocycles. The Hall–Kier alpha value is -0.700. The van der Waals surface area contributed by atoms with Gasteiger partial charge in [-0.3, -0.25) is 0 Å². The fraction of sp³-hybridized carbons (Fsp3) is 0.647. The summed E-state index contributed by atoms with van der Waals surface area (Å²) in [5.41, 5.74) is 1.21. The largest absolute Gasteiger partial charge is 0.371 e. The molecule has 0 aromatic heterocycles. The Morgan fingerprint density at radius 3 is 2.25 bits per heavy atom. The highest BCUT2D eigenvalue weighted by Gasteiger charge is 2.29. The highest BCUT2D eigenvalue weighted by Crippen LogP contribution is 2.34. The minimum atomic E-state index is -0.164. The fourth-order valence-corrected chi connectivity index (χ4v) is 3.43. The van der Waals surface area contributed by atoms with E-state index in [0.29, 0.717) is 0 Å². The van der Waals surface area contributed by atoms with Crippen LogP contribution in [0.1, 0.15) is 46.5 Å². The minimum Gasteiger partial charge on any atom is -0.371 e. The third kappa shape index (κ3) is 4.69. The number of nitrogens with zero attached hydrogens (tertiary/aromatic N) is 1. The van der Waals surface area contributed by atoms with Crippen LogP contribution in [0.2, 0.25) is 0 Å². The molecule has 1 nitrogen and oxygen atoms in total. The van der Waals surface area contributed by atoms with Crippen LogP contribution < -0.4 is 4.90 Å². The molecule has 1 aromatic rings. The van der Waals surface area contributed by atoms with E-state index in [2.05, 4.69) is 38.3 Å². The Bertz CT molecular complexity index is 388. The Morgan fingerprint density at radius 1 is 1.15 bits per heavy atom. The Kier molecular flexibility index (Phi) is 7.42. The normalized spacial score (nSPS) is 11.7. The van der Waals surface area contributed by atoms with Crippen molar-refractivity contribution >= 4 is 18.3 Å². The first-order chi connectivity index (χ1) is 9.60. The first kappa shape index (κ1) is 17.4. The van der Waals surface area contributed by atoms with Crippen LogP contribution in [0, 0.1) is 11.2 Å². The molecule has 3 heteroatoms. The van der Waals surface area contributed by atoms with E-state index < -0.39 is 0 Å². The Balaban J connectivity index is 2.93. The molecule has 0 N–H and O–H groups in total. The molecular weight excluding hydrogens is 269 g/mol. The van der Waals surface area contributed by atoms with Crippen molar-refractivity contribution in [3.8, 4) is 0 Å². The molecule has 0 atom stereocenters. The van der Waals surface area contributed by atoms with Crippen molar-refractivity contribution in [2.75, 3.05) is 23.7 Å². The number of anilines is 1. The number of hydrogen-bond donors (Lipinski definition) is 1. The fourth-order valence-electron chi connectivity index (χ4n) is 3.02. The van der Waals surface area contributed by atoms with Crippen molar-refractivity contribution in [3.63, 3.8) is 0 Å². The van der Waals surface area contributed by atoms with Crippen molar-refractivity contribution in [1.29, 1.82) is 0 Å². The molecule has 0 aliphatic carbocycles. The van der Waals surface area contributed by atoms with Gasteiger partial charge >= 0.3 is 0 Å². The van der Waals surface area contributed by atoms with Gasteiger partial charge in [0.2, 0.25) is 0 Å². The zero-order valence-electron chi connectivity index (χ0n) is 13.0. The molecular formula is C17H28FNS. The first-order valence-corrected chi connectivity index (χ1v) is 8.35. The zero-order valence-corrected chi connectivity index (χ0v) is 13.9. The lowest BCUT2D eigenvalue weighted by Crippen LogP contribution is -2.39. The minimum absolute atomic E-state index is 0.164.